The average molecular weight is 383 g/mol. The summed E-state index contributed by atoms with van der Waals surface area (Å²) in [5, 5.41) is 2.92. The number of anilines is 1. The van der Waals surface area contributed by atoms with E-state index < -0.39 is 0 Å². The first-order valence-corrected chi connectivity index (χ1v) is 9.80. The number of piperazine rings is 1. The Hall–Kier alpha value is -2.73. The van der Waals surface area contributed by atoms with Gasteiger partial charge in [-0.2, -0.15) is 0 Å². The van der Waals surface area contributed by atoms with Crippen LogP contribution in [-0.2, 0) is 4.79 Å². The number of methoxy groups -OCH3 is 1. The largest absolute Gasteiger partial charge is 0.497 e. The zero-order valence-corrected chi connectivity index (χ0v) is 16.5. The molecule has 3 rings (SSSR count). The fourth-order valence-electron chi connectivity index (χ4n) is 3.25. The zero-order valence-electron chi connectivity index (χ0n) is 16.5. The number of carbonyl (C=O) groups excluding carboxylic acids is 1. The van der Waals surface area contributed by atoms with Crippen LogP contribution in [0, 0.1) is 0 Å². The number of hydrogen-bond acceptors (Lipinski definition) is 5. The molecule has 0 aromatic heterocycles. The molecule has 0 atom stereocenters. The Morgan fingerprint density at radius 2 is 1.64 bits per heavy atom. The van der Waals surface area contributed by atoms with E-state index in [9.17, 15) is 4.79 Å². The number of ether oxygens (including phenoxy) is 2. The van der Waals surface area contributed by atoms with Gasteiger partial charge in [0.05, 0.1) is 13.7 Å². The van der Waals surface area contributed by atoms with Gasteiger partial charge in [-0.15, -0.1) is 0 Å². The normalized spacial score (nSPS) is 14.5. The molecule has 1 aliphatic rings. The van der Waals surface area contributed by atoms with Gasteiger partial charge >= 0.3 is 0 Å². The Kier molecular flexibility index (Phi) is 7.55. The first-order valence-electron chi connectivity index (χ1n) is 9.80. The molecule has 0 spiro atoms. The molecular weight excluding hydrogens is 354 g/mol. The Morgan fingerprint density at radius 1 is 0.964 bits per heavy atom. The van der Waals surface area contributed by atoms with E-state index in [0.717, 1.165) is 44.2 Å². The third-order valence-electron chi connectivity index (χ3n) is 4.90. The van der Waals surface area contributed by atoms with Gasteiger partial charge in [0.25, 0.3) is 0 Å². The van der Waals surface area contributed by atoms with Gasteiger partial charge in [0.15, 0.2) is 0 Å². The van der Waals surface area contributed by atoms with E-state index in [-0.39, 0.29) is 5.91 Å². The highest BCUT2D eigenvalue weighted by Gasteiger charge is 2.17. The molecule has 6 heteroatoms. The standard InChI is InChI=1S/C22H29N3O3/c1-27-20-7-9-21(10-8-20)28-18-12-23-22(26)11-13-24-14-16-25(17-15-24)19-5-3-2-4-6-19/h2-10H,11-18H2,1H3,(H,23,26). The minimum atomic E-state index is 0.0730. The number of hydrogen-bond donors (Lipinski definition) is 1. The molecule has 0 bridgehead atoms. The molecule has 1 amide bonds. The van der Waals surface area contributed by atoms with E-state index in [2.05, 4.69) is 39.4 Å². The number of nitrogens with zero attached hydrogens (tertiary/aromatic N) is 2. The molecular formula is C22H29N3O3. The quantitative estimate of drug-likeness (QED) is 0.674. The maximum atomic E-state index is 12.0. The molecule has 28 heavy (non-hydrogen) atoms. The Labute approximate surface area is 167 Å². The summed E-state index contributed by atoms with van der Waals surface area (Å²) in [5.41, 5.74) is 1.27. The van der Waals surface area contributed by atoms with E-state index in [1.165, 1.54) is 5.69 Å². The summed E-state index contributed by atoms with van der Waals surface area (Å²) < 4.78 is 10.7. The third-order valence-corrected chi connectivity index (χ3v) is 4.90. The highest BCUT2D eigenvalue weighted by atomic mass is 16.5. The topological polar surface area (TPSA) is 54.0 Å². The van der Waals surface area contributed by atoms with Crippen LogP contribution >= 0.6 is 0 Å². The molecule has 0 saturated carbocycles. The van der Waals surface area contributed by atoms with Gasteiger partial charge < -0.3 is 19.7 Å². The average Bonchev–Trinajstić information content (AvgIpc) is 2.76. The van der Waals surface area contributed by atoms with Crippen LogP contribution in [0.15, 0.2) is 54.6 Å². The smallest absolute Gasteiger partial charge is 0.221 e. The van der Waals surface area contributed by atoms with Crippen molar-refractivity contribution in [2.24, 2.45) is 0 Å². The highest BCUT2D eigenvalue weighted by molar-refractivity contribution is 5.76. The third kappa shape index (κ3) is 6.16. The lowest BCUT2D eigenvalue weighted by atomic mass is 10.2. The van der Waals surface area contributed by atoms with Crippen LogP contribution in [0.2, 0.25) is 0 Å². The van der Waals surface area contributed by atoms with Gasteiger partial charge in [-0.1, -0.05) is 18.2 Å². The summed E-state index contributed by atoms with van der Waals surface area (Å²) in [5.74, 6) is 1.64. The van der Waals surface area contributed by atoms with Crippen molar-refractivity contribution in [2.75, 3.05) is 57.9 Å². The van der Waals surface area contributed by atoms with E-state index >= 15 is 0 Å². The summed E-state index contributed by atoms with van der Waals surface area (Å²) in [6.07, 6.45) is 0.522. The van der Waals surface area contributed by atoms with Crippen LogP contribution in [-0.4, -0.2) is 63.8 Å². The minimum Gasteiger partial charge on any atom is -0.497 e. The summed E-state index contributed by atoms with van der Waals surface area (Å²) >= 11 is 0. The first kappa shape index (κ1) is 20.0. The fourth-order valence-corrected chi connectivity index (χ4v) is 3.25. The van der Waals surface area contributed by atoms with E-state index in [4.69, 9.17) is 9.47 Å². The van der Waals surface area contributed by atoms with Crippen molar-refractivity contribution < 1.29 is 14.3 Å². The molecule has 0 radical (unpaired) electrons. The second kappa shape index (κ2) is 10.6. The minimum absolute atomic E-state index is 0.0730. The van der Waals surface area contributed by atoms with Crippen LogP contribution in [0.4, 0.5) is 5.69 Å². The van der Waals surface area contributed by atoms with Crippen molar-refractivity contribution in [2.45, 2.75) is 6.42 Å². The van der Waals surface area contributed by atoms with Crippen LogP contribution in [0.1, 0.15) is 6.42 Å². The molecule has 1 saturated heterocycles. The lowest BCUT2D eigenvalue weighted by molar-refractivity contribution is -0.121. The van der Waals surface area contributed by atoms with Crippen molar-refractivity contribution in [1.82, 2.24) is 10.2 Å². The second-order valence-corrected chi connectivity index (χ2v) is 6.79. The summed E-state index contributed by atoms with van der Waals surface area (Å²) in [6, 6.07) is 17.9. The molecule has 0 aliphatic carbocycles. The van der Waals surface area contributed by atoms with Crippen molar-refractivity contribution in [3.8, 4) is 11.5 Å². The predicted octanol–water partition coefficient (Wildman–Crippen LogP) is 2.40. The molecule has 1 N–H and O–H groups in total. The Bertz CT molecular complexity index is 714. The fraction of sp³-hybridized carbons (Fsp3) is 0.409. The van der Waals surface area contributed by atoms with E-state index in [1.54, 1.807) is 7.11 Å². The van der Waals surface area contributed by atoms with E-state index in [1.807, 2.05) is 30.3 Å². The molecule has 1 aliphatic heterocycles. The molecule has 0 unspecified atom stereocenters. The molecule has 2 aromatic rings. The van der Waals surface area contributed by atoms with Gasteiger partial charge in [-0.3, -0.25) is 9.69 Å². The second-order valence-electron chi connectivity index (χ2n) is 6.79. The Balaban J connectivity index is 1.26. The van der Waals surface area contributed by atoms with Crippen LogP contribution in [0.5, 0.6) is 11.5 Å². The van der Waals surface area contributed by atoms with Gasteiger partial charge in [0.1, 0.15) is 18.1 Å². The number of nitrogens with one attached hydrogen (secondary N) is 1. The van der Waals surface area contributed by atoms with Crippen LogP contribution < -0.4 is 19.7 Å². The van der Waals surface area contributed by atoms with Crippen molar-refractivity contribution >= 4 is 11.6 Å². The number of benzene rings is 2. The molecule has 150 valence electrons. The SMILES string of the molecule is COc1ccc(OCCNC(=O)CCN2CCN(c3ccccc3)CC2)cc1. The molecule has 1 heterocycles. The van der Waals surface area contributed by atoms with Gasteiger partial charge in [-0.05, 0) is 36.4 Å². The van der Waals surface area contributed by atoms with E-state index in [0.29, 0.717) is 19.6 Å². The first-order chi connectivity index (χ1) is 13.7. The van der Waals surface area contributed by atoms with Crippen molar-refractivity contribution in [1.29, 1.82) is 0 Å². The monoisotopic (exact) mass is 383 g/mol. The van der Waals surface area contributed by atoms with Gasteiger partial charge in [0.2, 0.25) is 5.91 Å². The summed E-state index contributed by atoms with van der Waals surface area (Å²) in [4.78, 5) is 16.8. The summed E-state index contributed by atoms with van der Waals surface area (Å²) in [7, 11) is 1.63. The lowest BCUT2D eigenvalue weighted by Gasteiger charge is -2.36. The number of para-hydroxylation sites is 1. The molecule has 2 aromatic carbocycles. The highest BCUT2D eigenvalue weighted by Crippen LogP contribution is 2.17. The number of amides is 1. The maximum Gasteiger partial charge on any atom is 0.221 e. The zero-order chi connectivity index (χ0) is 19.6. The Morgan fingerprint density at radius 3 is 2.32 bits per heavy atom. The van der Waals surface area contributed by atoms with Gasteiger partial charge in [0, 0.05) is 44.8 Å². The van der Waals surface area contributed by atoms with Gasteiger partial charge in [-0.25, -0.2) is 0 Å². The molecule has 6 nitrogen and oxygen atoms in total. The molecule has 1 fully saturated rings. The van der Waals surface area contributed by atoms with Crippen molar-refractivity contribution in [3.63, 3.8) is 0 Å². The summed E-state index contributed by atoms with van der Waals surface area (Å²) in [6.45, 7) is 5.74. The predicted molar refractivity (Wildman–Crippen MR) is 111 cm³/mol. The number of carbonyl (C=O) groups is 1. The van der Waals surface area contributed by atoms with Crippen LogP contribution in [0.25, 0.3) is 0 Å². The maximum absolute atomic E-state index is 12.0. The van der Waals surface area contributed by atoms with Crippen LogP contribution in [0.3, 0.4) is 0 Å². The van der Waals surface area contributed by atoms with Crippen molar-refractivity contribution in [3.05, 3.63) is 54.6 Å². The number of rotatable bonds is 9. The lowest BCUT2D eigenvalue weighted by Crippen LogP contribution is -2.47.